The van der Waals surface area contributed by atoms with Crippen molar-refractivity contribution in [2.45, 2.75) is 32.0 Å². The summed E-state index contributed by atoms with van der Waals surface area (Å²) in [4.78, 5) is 9.68. The van der Waals surface area contributed by atoms with Gasteiger partial charge in [-0.25, -0.2) is 0 Å². The Morgan fingerprint density at radius 2 is 1.64 bits per heavy atom. The number of hydrogen-bond donors (Lipinski definition) is 0. The standard InChI is InChI=1S/C7H18NOSi.3CH3.Sn/c1-8(2)6-7-9-10(3,4)5;;;;/h3,6-7H2,1-2,4-5H3;3*1H3;. The van der Waals surface area contributed by atoms with Crippen LogP contribution in [0, 0.1) is 0 Å². The average molecular weight is 324 g/mol. The van der Waals surface area contributed by atoms with Crippen molar-refractivity contribution in [3.8, 4) is 0 Å². The molecule has 4 heteroatoms. The molecule has 0 amide bonds. The van der Waals surface area contributed by atoms with Crippen LogP contribution in [-0.2, 0) is 4.43 Å². The zero-order valence-corrected chi connectivity index (χ0v) is 14.8. The molecule has 86 valence electrons. The molecule has 0 N–H and O–H groups in total. The van der Waals surface area contributed by atoms with Gasteiger partial charge in [0.25, 0.3) is 0 Å². The van der Waals surface area contributed by atoms with Crippen LogP contribution in [0.3, 0.4) is 0 Å². The van der Waals surface area contributed by atoms with Gasteiger partial charge in [-0.1, -0.05) is 0 Å². The maximum absolute atomic E-state index is 6.07. The molecular formula is C10H27NOSiSn. The van der Waals surface area contributed by atoms with Crippen molar-refractivity contribution in [3.63, 3.8) is 0 Å². The van der Waals surface area contributed by atoms with Crippen molar-refractivity contribution in [1.82, 2.24) is 4.90 Å². The molecule has 0 rings (SSSR count). The second kappa shape index (κ2) is 5.87. The zero-order chi connectivity index (χ0) is 11.4. The summed E-state index contributed by atoms with van der Waals surface area (Å²) in [6.07, 6.45) is 0. The summed E-state index contributed by atoms with van der Waals surface area (Å²) < 4.78 is 7.51. The normalized spacial score (nSPS) is 13.7. The second-order valence-electron chi connectivity index (χ2n) is 6.15. The summed E-state index contributed by atoms with van der Waals surface area (Å²) in [5.74, 6) is 0. The fraction of sp³-hybridized carbons (Fsp3) is 1.00. The third kappa shape index (κ3) is 9.49. The summed E-state index contributed by atoms with van der Waals surface area (Å²) >= 11 is -1.63. The van der Waals surface area contributed by atoms with Gasteiger partial charge in [0, 0.05) is 0 Å². The fourth-order valence-corrected chi connectivity index (χ4v) is 27.9. The molecule has 0 aliphatic carbocycles. The first-order valence-electron chi connectivity index (χ1n) is 5.41. The molecule has 0 aromatic carbocycles. The minimum atomic E-state index is -1.63. The summed E-state index contributed by atoms with van der Waals surface area (Å²) in [6, 6.07) is 0. The first-order valence-corrected chi connectivity index (χ1v) is 19.1. The van der Waals surface area contributed by atoms with Crippen molar-refractivity contribution in [1.29, 1.82) is 0 Å². The quantitative estimate of drug-likeness (QED) is 0.697. The van der Waals surface area contributed by atoms with E-state index in [9.17, 15) is 0 Å². The molecule has 0 aromatic heterocycles. The summed E-state index contributed by atoms with van der Waals surface area (Å²) in [6.45, 7) is 6.69. The SMILES string of the molecule is CN(C)CCO[Si](C)(C)[CH2][Sn]([CH3])([CH3])[CH3]. The van der Waals surface area contributed by atoms with Gasteiger partial charge in [0.15, 0.2) is 0 Å². The van der Waals surface area contributed by atoms with Crippen LogP contribution in [0.5, 0.6) is 0 Å². The molecule has 0 radical (unpaired) electrons. The van der Waals surface area contributed by atoms with Gasteiger partial charge in [0.1, 0.15) is 0 Å². The van der Waals surface area contributed by atoms with Gasteiger partial charge < -0.3 is 0 Å². The van der Waals surface area contributed by atoms with E-state index in [1.807, 2.05) is 0 Å². The molecule has 2 nitrogen and oxygen atoms in total. The maximum atomic E-state index is 6.07. The first kappa shape index (κ1) is 14.9. The van der Waals surface area contributed by atoms with Crippen LogP contribution in [0.25, 0.3) is 0 Å². The Hall–Kier alpha value is 0.936. The molecule has 0 spiro atoms. The van der Waals surface area contributed by atoms with Crippen LogP contribution in [-0.4, -0.2) is 58.8 Å². The predicted molar refractivity (Wildman–Crippen MR) is 70.1 cm³/mol. The van der Waals surface area contributed by atoms with Crippen molar-refractivity contribution in [2.24, 2.45) is 0 Å². The molecule has 0 bridgehead atoms. The molecule has 0 heterocycles. The van der Waals surface area contributed by atoms with Crippen LogP contribution in [0.1, 0.15) is 0 Å². The van der Waals surface area contributed by atoms with Crippen molar-refractivity contribution >= 4 is 26.7 Å². The van der Waals surface area contributed by atoms with Crippen LogP contribution in [0.2, 0.25) is 32.0 Å². The molecular weight excluding hydrogens is 297 g/mol. The molecule has 0 aromatic rings. The number of nitrogens with zero attached hydrogens (tertiary/aromatic N) is 1. The van der Waals surface area contributed by atoms with Crippen LogP contribution < -0.4 is 0 Å². The van der Waals surface area contributed by atoms with Crippen LogP contribution in [0.15, 0.2) is 0 Å². The molecule has 0 aliphatic heterocycles. The van der Waals surface area contributed by atoms with Gasteiger partial charge in [-0.05, 0) is 0 Å². The van der Waals surface area contributed by atoms with Crippen LogP contribution >= 0.6 is 0 Å². The fourth-order valence-electron chi connectivity index (χ4n) is 1.83. The predicted octanol–water partition coefficient (Wildman–Crippen LogP) is 2.65. The van der Waals surface area contributed by atoms with Gasteiger partial charge >= 0.3 is 95.2 Å². The first-order chi connectivity index (χ1) is 6.12. The van der Waals surface area contributed by atoms with E-state index in [4.69, 9.17) is 4.43 Å². The van der Waals surface area contributed by atoms with E-state index in [0.717, 1.165) is 13.2 Å². The molecule has 0 saturated heterocycles. The van der Waals surface area contributed by atoms with Gasteiger partial charge in [0.05, 0.1) is 0 Å². The van der Waals surface area contributed by atoms with E-state index in [-0.39, 0.29) is 0 Å². The van der Waals surface area contributed by atoms with E-state index in [2.05, 4.69) is 46.9 Å². The Morgan fingerprint density at radius 1 is 1.14 bits per heavy atom. The Kier molecular flexibility index (Phi) is 6.26. The monoisotopic (exact) mass is 325 g/mol. The van der Waals surface area contributed by atoms with Crippen molar-refractivity contribution in [3.05, 3.63) is 0 Å². The summed E-state index contributed by atoms with van der Waals surface area (Å²) in [5, 5.41) is 0. The van der Waals surface area contributed by atoms with E-state index >= 15 is 0 Å². The molecule has 0 fully saturated rings. The minimum absolute atomic E-state index is 0.911. The van der Waals surface area contributed by atoms with Gasteiger partial charge in [-0.15, -0.1) is 0 Å². The second-order valence-corrected chi connectivity index (χ2v) is 28.0. The number of hydrogen-bond acceptors (Lipinski definition) is 2. The van der Waals surface area contributed by atoms with Gasteiger partial charge in [-0.2, -0.15) is 0 Å². The third-order valence-electron chi connectivity index (χ3n) is 1.99. The van der Waals surface area contributed by atoms with E-state index in [1.54, 1.807) is 0 Å². The number of rotatable bonds is 6. The molecule has 0 saturated carbocycles. The Morgan fingerprint density at radius 3 is 2.00 bits per heavy atom. The van der Waals surface area contributed by atoms with Gasteiger partial charge in [0.2, 0.25) is 0 Å². The van der Waals surface area contributed by atoms with E-state index in [1.165, 1.54) is 4.06 Å². The molecule has 0 aliphatic rings. The van der Waals surface area contributed by atoms with Crippen LogP contribution in [0.4, 0.5) is 0 Å². The van der Waals surface area contributed by atoms with E-state index < -0.39 is 26.7 Å². The molecule has 14 heavy (non-hydrogen) atoms. The summed E-state index contributed by atoms with van der Waals surface area (Å²) in [5.41, 5.74) is 0. The molecule has 0 atom stereocenters. The Bertz CT molecular complexity index is 166. The average Bonchev–Trinajstić information content (AvgIpc) is 1.78. The van der Waals surface area contributed by atoms with Gasteiger partial charge in [-0.3, -0.25) is 0 Å². The molecule has 0 unspecified atom stereocenters. The summed E-state index contributed by atoms with van der Waals surface area (Å²) in [7, 11) is 2.86. The Labute approximate surface area is 95.0 Å². The number of likely N-dealkylation sites (N-methyl/N-ethyl adjacent to an activating group) is 1. The van der Waals surface area contributed by atoms with Crippen molar-refractivity contribution in [2.75, 3.05) is 27.2 Å². The Balaban J connectivity index is 3.84. The van der Waals surface area contributed by atoms with Crippen molar-refractivity contribution < 1.29 is 4.43 Å². The third-order valence-corrected chi connectivity index (χ3v) is 21.3. The zero-order valence-electron chi connectivity index (χ0n) is 11.0. The van der Waals surface area contributed by atoms with E-state index in [0.29, 0.717) is 0 Å². The topological polar surface area (TPSA) is 12.5 Å².